The van der Waals surface area contributed by atoms with Crippen LogP contribution in [0.4, 0.5) is 0 Å². The minimum atomic E-state index is -0.0544. The Hall–Kier alpha value is -1.30. The molecule has 1 heterocycles. The van der Waals surface area contributed by atoms with Crippen molar-refractivity contribution < 1.29 is 4.79 Å². The van der Waals surface area contributed by atoms with Crippen molar-refractivity contribution in [3.63, 3.8) is 0 Å². The summed E-state index contributed by atoms with van der Waals surface area (Å²) in [5, 5.41) is 8.99. The Bertz CT molecular complexity index is 342. The van der Waals surface area contributed by atoms with Gasteiger partial charge in [0.05, 0.1) is 0 Å². The zero-order valence-electron chi connectivity index (χ0n) is 11.8. The monoisotopic (exact) mass is 248 g/mol. The third-order valence-corrected chi connectivity index (χ3v) is 3.45. The molecule has 18 heavy (non-hydrogen) atoms. The van der Waals surface area contributed by atoms with Crippen molar-refractivity contribution in [2.45, 2.75) is 46.5 Å². The van der Waals surface area contributed by atoms with Crippen LogP contribution in [0.2, 0.25) is 0 Å². The fraction of sp³-hybridized carbons (Fsp3) is 0.733. The molecule has 1 amide bonds. The fourth-order valence-corrected chi connectivity index (χ4v) is 2.04. The van der Waals surface area contributed by atoms with Gasteiger partial charge in [-0.05, 0) is 37.5 Å². The summed E-state index contributed by atoms with van der Waals surface area (Å²) in [6.07, 6.45) is 6.26. The molecule has 3 heteroatoms. The molecule has 0 aromatic heterocycles. The average molecular weight is 248 g/mol. The highest BCUT2D eigenvalue weighted by atomic mass is 16.2. The van der Waals surface area contributed by atoms with Crippen LogP contribution in [-0.4, -0.2) is 23.9 Å². The van der Waals surface area contributed by atoms with Gasteiger partial charge in [-0.15, -0.1) is 0 Å². The maximum Gasteiger partial charge on any atom is 0.264 e. The molecule has 0 aromatic carbocycles. The predicted octanol–water partition coefficient (Wildman–Crippen LogP) is 3.13. The first-order chi connectivity index (χ1) is 8.70. The van der Waals surface area contributed by atoms with Crippen molar-refractivity contribution in [3.8, 4) is 6.07 Å². The largest absolute Gasteiger partial charge is 0.338 e. The molecule has 2 aliphatic rings. The third-order valence-electron chi connectivity index (χ3n) is 3.45. The van der Waals surface area contributed by atoms with Crippen LogP contribution in [0.1, 0.15) is 46.5 Å². The Kier molecular flexibility index (Phi) is 5.91. The van der Waals surface area contributed by atoms with Crippen molar-refractivity contribution in [2.75, 3.05) is 13.1 Å². The SMILES string of the molecule is CC.CC1CCN(C(=O)/C(C#N)=C\C2CC2)CC1. The first kappa shape index (κ1) is 14.8. The molecule has 0 radical (unpaired) electrons. The Morgan fingerprint density at radius 2 is 1.78 bits per heavy atom. The molecule has 0 bridgehead atoms. The van der Waals surface area contributed by atoms with Crippen LogP contribution in [0.3, 0.4) is 0 Å². The molecule has 1 saturated heterocycles. The molecule has 0 aromatic rings. The van der Waals surface area contributed by atoms with Crippen molar-refractivity contribution in [1.29, 1.82) is 5.26 Å². The van der Waals surface area contributed by atoms with E-state index in [-0.39, 0.29) is 5.91 Å². The van der Waals surface area contributed by atoms with Crippen LogP contribution in [0, 0.1) is 23.2 Å². The molecule has 0 atom stereocenters. The molecule has 100 valence electrons. The first-order valence-electron chi connectivity index (χ1n) is 7.12. The molecular weight excluding hydrogens is 224 g/mol. The number of rotatable bonds is 2. The number of allylic oxidation sites excluding steroid dienone is 1. The molecule has 2 fully saturated rings. The van der Waals surface area contributed by atoms with Crippen LogP contribution in [0.5, 0.6) is 0 Å². The molecule has 3 nitrogen and oxygen atoms in total. The lowest BCUT2D eigenvalue weighted by atomic mass is 9.98. The number of hydrogen-bond donors (Lipinski definition) is 0. The molecule has 1 aliphatic carbocycles. The summed E-state index contributed by atoms with van der Waals surface area (Å²) in [4.78, 5) is 13.9. The summed E-state index contributed by atoms with van der Waals surface area (Å²) in [6, 6.07) is 2.05. The molecule has 1 saturated carbocycles. The number of carbonyl (C=O) groups is 1. The number of amides is 1. The third kappa shape index (κ3) is 4.18. The number of likely N-dealkylation sites (tertiary alicyclic amines) is 1. The van der Waals surface area contributed by atoms with Gasteiger partial charge in [0.15, 0.2) is 0 Å². The average Bonchev–Trinajstić information content (AvgIpc) is 3.22. The minimum absolute atomic E-state index is 0.0544. The van der Waals surface area contributed by atoms with E-state index in [0.717, 1.165) is 38.8 Å². The van der Waals surface area contributed by atoms with Gasteiger partial charge in [-0.2, -0.15) is 5.26 Å². The predicted molar refractivity (Wildman–Crippen MR) is 72.7 cm³/mol. The Morgan fingerprint density at radius 3 is 2.22 bits per heavy atom. The summed E-state index contributed by atoms with van der Waals surface area (Å²) in [5.41, 5.74) is 0.358. The normalized spacial score (nSPS) is 20.8. The smallest absolute Gasteiger partial charge is 0.264 e. The Morgan fingerprint density at radius 1 is 1.22 bits per heavy atom. The molecule has 2 rings (SSSR count). The quantitative estimate of drug-likeness (QED) is 0.556. The van der Waals surface area contributed by atoms with E-state index in [1.807, 2.05) is 24.8 Å². The van der Waals surface area contributed by atoms with Crippen molar-refractivity contribution in [2.24, 2.45) is 11.8 Å². The van der Waals surface area contributed by atoms with Gasteiger partial charge in [0, 0.05) is 13.1 Å². The van der Waals surface area contributed by atoms with E-state index in [1.165, 1.54) is 0 Å². The van der Waals surface area contributed by atoms with E-state index < -0.39 is 0 Å². The van der Waals surface area contributed by atoms with E-state index in [0.29, 0.717) is 17.4 Å². The van der Waals surface area contributed by atoms with Gasteiger partial charge in [-0.25, -0.2) is 0 Å². The van der Waals surface area contributed by atoms with Crippen molar-refractivity contribution in [3.05, 3.63) is 11.6 Å². The van der Waals surface area contributed by atoms with Crippen LogP contribution < -0.4 is 0 Å². The van der Waals surface area contributed by atoms with Crippen LogP contribution in [0.15, 0.2) is 11.6 Å². The first-order valence-corrected chi connectivity index (χ1v) is 7.12. The minimum Gasteiger partial charge on any atom is -0.338 e. The standard InChI is InChI=1S/C13H18N2O.C2H6/c1-10-4-6-15(7-5-10)13(16)12(9-14)8-11-2-3-11;1-2/h8,10-11H,2-7H2,1H3;1-2H3/b12-8-;. The highest BCUT2D eigenvalue weighted by Crippen LogP contribution is 2.31. The molecular formula is C15H24N2O. The zero-order valence-corrected chi connectivity index (χ0v) is 11.8. The number of nitrogens with zero attached hydrogens (tertiary/aromatic N) is 2. The molecule has 0 N–H and O–H groups in total. The number of hydrogen-bond acceptors (Lipinski definition) is 2. The molecule has 0 unspecified atom stereocenters. The van der Waals surface area contributed by atoms with Gasteiger partial charge >= 0.3 is 0 Å². The van der Waals surface area contributed by atoms with Gasteiger partial charge in [0.2, 0.25) is 0 Å². The highest BCUT2D eigenvalue weighted by Gasteiger charge is 2.26. The van der Waals surface area contributed by atoms with Gasteiger partial charge in [-0.3, -0.25) is 4.79 Å². The maximum atomic E-state index is 12.0. The van der Waals surface area contributed by atoms with Crippen molar-refractivity contribution in [1.82, 2.24) is 4.90 Å². The second-order valence-corrected chi connectivity index (χ2v) is 5.00. The van der Waals surface area contributed by atoms with Gasteiger partial charge in [-0.1, -0.05) is 26.8 Å². The summed E-state index contributed by atoms with van der Waals surface area (Å²) in [5.74, 6) is 1.14. The van der Waals surface area contributed by atoms with E-state index in [2.05, 4.69) is 13.0 Å². The van der Waals surface area contributed by atoms with Gasteiger partial charge in [0.1, 0.15) is 11.6 Å². The summed E-state index contributed by atoms with van der Waals surface area (Å²) < 4.78 is 0. The molecule has 0 spiro atoms. The summed E-state index contributed by atoms with van der Waals surface area (Å²) in [6.45, 7) is 7.83. The number of piperidine rings is 1. The van der Waals surface area contributed by atoms with E-state index in [1.54, 1.807) is 0 Å². The van der Waals surface area contributed by atoms with E-state index >= 15 is 0 Å². The lowest BCUT2D eigenvalue weighted by Crippen LogP contribution is -2.38. The van der Waals surface area contributed by atoms with Gasteiger partial charge < -0.3 is 4.90 Å². The Balaban J connectivity index is 0.000000771. The maximum absolute atomic E-state index is 12.0. The number of carbonyl (C=O) groups excluding carboxylic acids is 1. The van der Waals surface area contributed by atoms with Gasteiger partial charge in [0.25, 0.3) is 5.91 Å². The summed E-state index contributed by atoms with van der Waals surface area (Å²) >= 11 is 0. The van der Waals surface area contributed by atoms with Crippen molar-refractivity contribution >= 4 is 5.91 Å². The van der Waals surface area contributed by atoms with Crippen LogP contribution >= 0.6 is 0 Å². The highest BCUT2D eigenvalue weighted by molar-refractivity contribution is 5.97. The second kappa shape index (κ2) is 7.20. The zero-order chi connectivity index (χ0) is 13.5. The summed E-state index contributed by atoms with van der Waals surface area (Å²) in [7, 11) is 0. The lowest BCUT2D eigenvalue weighted by Gasteiger charge is -2.30. The second-order valence-electron chi connectivity index (χ2n) is 5.00. The molecule has 1 aliphatic heterocycles. The van der Waals surface area contributed by atoms with Crippen LogP contribution in [-0.2, 0) is 4.79 Å². The van der Waals surface area contributed by atoms with Crippen LogP contribution in [0.25, 0.3) is 0 Å². The van der Waals surface area contributed by atoms with E-state index in [4.69, 9.17) is 5.26 Å². The lowest BCUT2D eigenvalue weighted by molar-refractivity contribution is -0.128. The topological polar surface area (TPSA) is 44.1 Å². The fourth-order valence-electron chi connectivity index (χ4n) is 2.04. The Labute approximate surface area is 110 Å². The van der Waals surface area contributed by atoms with E-state index in [9.17, 15) is 4.79 Å². The number of nitriles is 1.